The number of fused-ring (bicyclic) bond motifs is 1. The van der Waals surface area contributed by atoms with E-state index in [4.69, 9.17) is 4.74 Å². The van der Waals surface area contributed by atoms with Crippen LogP contribution in [0, 0.1) is 6.07 Å². The molecule has 0 amide bonds. The van der Waals surface area contributed by atoms with Crippen LogP contribution in [0.25, 0.3) is 22.2 Å². The van der Waals surface area contributed by atoms with Crippen LogP contribution in [0.2, 0.25) is 0 Å². The van der Waals surface area contributed by atoms with Crippen molar-refractivity contribution in [2.75, 3.05) is 7.11 Å². The number of methoxy groups -OCH3 is 1. The molecule has 0 aliphatic carbocycles. The summed E-state index contributed by atoms with van der Waals surface area (Å²) >= 11 is 0. The number of nitrogens with one attached hydrogen (secondary N) is 1. The number of phenols is 1. The van der Waals surface area contributed by atoms with Crippen LogP contribution < -0.4 is 4.74 Å². The SMILES string of the molecule is COc1cc[c]c(-c2c[nH]c3ncccc23)c1O. The van der Waals surface area contributed by atoms with Gasteiger partial charge in [0.25, 0.3) is 0 Å². The topological polar surface area (TPSA) is 58.1 Å². The second-order valence-electron chi connectivity index (χ2n) is 3.87. The molecule has 3 aromatic rings. The van der Waals surface area contributed by atoms with E-state index in [-0.39, 0.29) is 5.75 Å². The van der Waals surface area contributed by atoms with Gasteiger partial charge in [-0.3, -0.25) is 0 Å². The second-order valence-corrected chi connectivity index (χ2v) is 3.87. The number of hydrogen-bond acceptors (Lipinski definition) is 3. The van der Waals surface area contributed by atoms with Crippen molar-refractivity contribution in [2.45, 2.75) is 0 Å². The van der Waals surface area contributed by atoms with Crippen LogP contribution in [-0.2, 0) is 0 Å². The number of aromatic nitrogens is 2. The molecule has 1 aromatic carbocycles. The van der Waals surface area contributed by atoms with Gasteiger partial charge < -0.3 is 14.8 Å². The molecule has 4 nitrogen and oxygen atoms in total. The summed E-state index contributed by atoms with van der Waals surface area (Å²) in [7, 11) is 1.52. The average Bonchev–Trinajstić information content (AvgIpc) is 2.83. The molecule has 0 spiro atoms. The molecule has 3 rings (SSSR count). The molecule has 4 heteroatoms. The fourth-order valence-corrected chi connectivity index (χ4v) is 2.00. The van der Waals surface area contributed by atoms with Crippen LogP contribution >= 0.6 is 0 Å². The number of phenolic OH excluding ortho intramolecular Hbond substituents is 1. The third kappa shape index (κ3) is 1.50. The Balaban J connectivity index is 2.26. The van der Waals surface area contributed by atoms with Crippen LogP contribution in [0.5, 0.6) is 11.5 Å². The molecule has 0 saturated heterocycles. The minimum absolute atomic E-state index is 0.0877. The molecule has 0 aliphatic rings. The summed E-state index contributed by atoms with van der Waals surface area (Å²) in [6, 6.07) is 10.2. The lowest BCUT2D eigenvalue weighted by Gasteiger charge is -2.07. The number of aromatic hydroxyl groups is 1. The molecule has 2 aromatic heterocycles. The minimum Gasteiger partial charge on any atom is -0.504 e. The van der Waals surface area contributed by atoms with Gasteiger partial charge in [0, 0.05) is 28.9 Å². The summed E-state index contributed by atoms with van der Waals surface area (Å²) in [6.07, 6.45) is 3.53. The van der Waals surface area contributed by atoms with E-state index in [0.717, 1.165) is 16.6 Å². The van der Waals surface area contributed by atoms with E-state index >= 15 is 0 Å². The smallest absolute Gasteiger partial charge is 0.166 e. The van der Waals surface area contributed by atoms with Crippen LogP contribution in [-0.4, -0.2) is 22.2 Å². The zero-order valence-corrected chi connectivity index (χ0v) is 9.77. The highest BCUT2D eigenvalue weighted by Crippen LogP contribution is 2.38. The van der Waals surface area contributed by atoms with Gasteiger partial charge in [0.1, 0.15) is 5.65 Å². The standard InChI is InChI=1S/C14H11N2O2/c1-18-12-6-2-4-9(13(12)17)11-8-16-14-10(11)5-3-7-15-14/h2-3,5-8,17H,1H3,(H,15,16). The summed E-state index contributed by atoms with van der Waals surface area (Å²) in [4.78, 5) is 7.29. The highest BCUT2D eigenvalue weighted by molar-refractivity contribution is 5.95. The zero-order chi connectivity index (χ0) is 12.5. The van der Waals surface area contributed by atoms with Crippen molar-refractivity contribution < 1.29 is 9.84 Å². The van der Waals surface area contributed by atoms with Crippen molar-refractivity contribution in [1.29, 1.82) is 0 Å². The van der Waals surface area contributed by atoms with E-state index in [1.165, 1.54) is 7.11 Å². The van der Waals surface area contributed by atoms with E-state index in [2.05, 4.69) is 16.0 Å². The number of H-pyrrole nitrogens is 1. The molecule has 0 bridgehead atoms. The largest absolute Gasteiger partial charge is 0.504 e. The molecule has 1 radical (unpaired) electrons. The monoisotopic (exact) mass is 239 g/mol. The summed E-state index contributed by atoms with van der Waals surface area (Å²) in [5, 5.41) is 11.1. The number of benzene rings is 1. The maximum Gasteiger partial charge on any atom is 0.166 e. The van der Waals surface area contributed by atoms with Gasteiger partial charge in [-0.05, 0) is 30.3 Å². The fraction of sp³-hybridized carbons (Fsp3) is 0.0714. The summed E-state index contributed by atoms with van der Waals surface area (Å²) in [5.41, 5.74) is 2.24. The van der Waals surface area contributed by atoms with Crippen LogP contribution in [0.1, 0.15) is 0 Å². The minimum atomic E-state index is 0.0877. The van der Waals surface area contributed by atoms with Crippen LogP contribution in [0.4, 0.5) is 0 Å². The van der Waals surface area contributed by atoms with E-state index < -0.39 is 0 Å². The Morgan fingerprint density at radius 3 is 3.11 bits per heavy atom. The Morgan fingerprint density at radius 2 is 2.28 bits per heavy atom. The van der Waals surface area contributed by atoms with Crippen molar-refractivity contribution in [3.63, 3.8) is 0 Å². The Bertz CT molecular complexity index is 704. The first-order valence-corrected chi connectivity index (χ1v) is 5.51. The quantitative estimate of drug-likeness (QED) is 0.723. The van der Waals surface area contributed by atoms with Crippen molar-refractivity contribution in [3.8, 4) is 22.6 Å². The molecule has 89 valence electrons. The molecule has 0 unspecified atom stereocenters. The summed E-state index contributed by atoms with van der Waals surface area (Å²) < 4.78 is 5.10. The number of ether oxygens (including phenoxy) is 1. The average molecular weight is 239 g/mol. The van der Waals surface area contributed by atoms with Crippen molar-refractivity contribution in [2.24, 2.45) is 0 Å². The first-order valence-electron chi connectivity index (χ1n) is 5.51. The van der Waals surface area contributed by atoms with Gasteiger partial charge in [-0.2, -0.15) is 0 Å². The number of nitrogens with zero attached hydrogens (tertiary/aromatic N) is 1. The maximum absolute atomic E-state index is 10.1. The van der Waals surface area contributed by atoms with E-state index in [1.54, 1.807) is 18.3 Å². The molecule has 0 atom stereocenters. The molecular weight excluding hydrogens is 228 g/mol. The number of rotatable bonds is 2. The van der Waals surface area contributed by atoms with Gasteiger partial charge in [-0.25, -0.2) is 4.98 Å². The van der Waals surface area contributed by atoms with E-state index in [9.17, 15) is 5.11 Å². The lowest BCUT2D eigenvalue weighted by Crippen LogP contribution is -1.86. The van der Waals surface area contributed by atoms with Gasteiger partial charge in [0.15, 0.2) is 11.5 Å². The Morgan fingerprint density at radius 1 is 1.39 bits per heavy atom. The van der Waals surface area contributed by atoms with Gasteiger partial charge in [0.2, 0.25) is 0 Å². The van der Waals surface area contributed by atoms with Crippen LogP contribution in [0.3, 0.4) is 0 Å². The zero-order valence-electron chi connectivity index (χ0n) is 9.77. The third-order valence-corrected chi connectivity index (χ3v) is 2.87. The molecular formula is C14H11N2O2. The first-order chi connectivity index (χ1) is 8.81. The van der Waals surface area contributed by atoms with Crippen molar-refractivity contribution in [3.05, 3.63) is 42.7 Å². The van der Waals surface area contributed by atoms with Crippen LogP contribution in [0.15, 0.2) is 36.7 Å². The van der Waals surface area contributed by atoms with Gasteiger partial charge in [-0.15, -0.1) is 0 Å². The van der Waals surface area contributed by atoms with Gasteiger partial charge >= 0.3 is 0 Å². The Kier molecular flexibility index (Phi) is 2.41. The van der Waals surface area contributed by atoms with Gasteiger partial charge in [0.05, 0.1) is 7.11 Å². The predicted octanol–water partition coefficient (Wildman–Crippen LogP) is 2.74. The second kappa shape index (κ2) is 4.07. The maximum atomic E-state index is 10.1. The van der Waals surface area contributed by atoms with E-state index in [1.807, 2.05) is 18.3 Å². The molecule has 0 saturated carbocycles. The fourth-order valence-electron chi connectivity index (χ4n) is 2.00. The summed E-state index contributed by atoms with van der Waals surface area (Å²) in [6.45, 7) is 0. The summed E-state index contributed by atoms with van der Waals surface area (Å²) in [5.74, 6) is 0.520. The lowest BCUT2D eigenvalue weighted by atomic mass is 10.0. The number of aromatic amines is 1. The Hall–Kier alpha value is -2.49. The molecule has 0 aliphatic heterocycles. The lowest BCUT2D eigenvalue weighted by molar-refractivity contribution is 0.374. The number of hydrogen-bond donors (Lipinski definition) is 2. The molecule has 2 N–H and O–H groups in total. The van der Waals surface area contributed by atoms with Crippen molar-refractivity contribution in [1.82, 2.24) is 9.97 Å². The molecule has 0 fully saturated rings. The van der Waals surface area contributed by atoms with E-state index in [0.29, 0.717) is 11.3 Å². The van der Waals surface area contributed by atoms with Crippen molar-refractivity contribution >= 4 is 11.0 Å². The third-order valence-electron chi connectivity index (χ3n) is 2.87. The number of pyridine rings is 1. The molecule has 18 heavy (non-hydrogen) atoms. The highest BCUT2D eigenvalue weighted by atomic mass is 16.5. The predicted molar refractivity (Wildman–Crippen MR) is 68.6 cm³/mol. The normalized spacial score (nSPS) is 10.7. The van der Waals surface area contributed by atoms with Gasteiger partial charge in [-0.1, -0.05) is 0 Å². The molecule has 2 heterocycles. The highest BCUT2D eigenvalue weighted by Gasteiger charge is 2.13. The first kappa shape index (κ1) is 10.7. The Labute approximate surface area is 104 Å².